The minimum Gasteiger partial charge on any atom is -0.465 e. The van der Waals surface area contributed by atoms with E-state index >= 15 is 0 Å². The molecule has 50 heavy (non-hydrogen) atoms. The van der Waals surface area contributed by atoms with Gasteiger partial charge < -0.3 is 9.64 Å². The van der Waals surface area contributed by atoms with E-state index in [1.165, 1.54) is 11.3 Å². The number of Topliss-reactive ketones (excluding diaryl/α,β-unsaturated/α-hetero) is 1. The van der Waals surface area contributed by atoms with Crippen molar-refractivity contribution in [2.45, 2.75) is 94.4 Å². The van der Waals surface area contributed by atoms with Crippen LogP contribution in [0.4, 0.5) is 0 Å². The number of halogens is 2. The molecule has 266 valence electrons. The number of para-hydroxylation sites is 1. The summed E-state index contributed by atoms with van der Waals surface area (Å²) >= 11 is 14.1. The third-order valence-corrected chi connectivity index (χ3v) is 14.4. The highest BCUT2D eigenvalue weighted by Gasteiger charge is 2.62. The van der Waals surface area contributed by atoms with Crippen LogP contribution >= 0.6 is 34.5 Å². The van der Waals surface area contributed by atoms with Crippen molar-refractivity contribution >= 4 is 72.4 Å². The number of nitrogens with one attached hydrogen (secondary N) is 1. The zero-order chi connectivity index (χ0) is 35.3. The number of allylic oxidation sites excluding steroid dienone is 2. The summed E-state index contributed by atoms with van der Waals surface area (Å²) in [6.07, 6.45) is 9.40. The molecule has 1 aromatic heterocycles. The Hall–Kier alpha value is -2.99. The molecule has 9 nitrogen and oxygen atoms in total. The summed E-state index contributed by atoms with van der Waals surface area (Å²) in [6, 6.07) is 12.2. The summed E-state index contributed by atoms with van der Waals surface area (Å²) in [5.41, 5.74) is 0.459. The number of carbonyl (C=O) groups excluding carboxylic acids is 3. The lowest BCUT2D eigenvalue weighted by Crippen LogP contribution is -2.47. The van der Waals surface area contributed by atoms with Crippen molar-refractivity contribution in [1.29, 1.82) is 0 Å². The monoisotopic (exact) mass is 757 g/mol. The van der Waals surface area contributed by atoms with Crippen molar-refractivity contribution in [3.8, 4) is 5.19 Å². The van der Waals surface area contributed by atoms with Crippen LogP contribution in [0.2, 0.25) is 10.0 Å². The quantitative estimate of drug-likeness (QED) is 0.251. The summed E-state index contributed by atoms with van der Waals surface area (Å²) in [6.45, 7) is 1.82. The number of aromatic nitrogens is 1. The molecular weight excluding hydrogens is 717 g/mol. The van der Waals surface area contributed by atoms with Crippen molar-refractivity contribution < 1.29 is 27.5 Å². The summed E-state index contributed by atoms with van der Waals surface area (Å²) in [4.78, 5) is 49.1. The molecule has 13 heteroatoms. The predicted octanol–water partition coefficient (Wildman–Crippen LogP) is 7.29. The normalized spacial score (nSPS) is 29.0. The summed E-state index contributed by atoms with van der Waals surface area (Å²) in [5, 5.41) is 1.44. The molecule has 2 aliphatic heterocycles. The molecule has 4 aliphatic rings. The highest BCUT2D eigenvalue weighted by Crippen LogP contribution is 2.57. The number of hydrogen-bond donors (Lipinski definition) is 1. The van der Waals surface area contributed by atoms with Gasteiger partial charge in [-0.25, -0.2) is 13.4 Å². The van der Waals surface area contributed by atoms with Crippen molar-refractivity contribution in [3.63, 3.8) is 0 Å². The number of hydrogen-bond acceptors (Lipinski definition) is 8. The van der Waals surface area contributed by atoms with Gasteiger partial charge in [-0.2, -0.15) is 0 Å². The SMILES string of the molecule is CC1(S(=O)(=O)NC(=O)[C@]23CC(=O)[C@@H]4C[C@@H](Oc5nc6ccccc6s5)CN4C(=O)[C@@H](Cc4cc(Cl)cc(Cl)c4)CCCCC/C=C\[C@H]2C3)CC1. The third-order valence-electron chi connectivity index (χ3n) is 10.9. The topological polar surface area (TPSA) is 123 Å². The molecule has 0 spiro atoms. The van der Waals surface area contributed by atoms with E-state index in [0.717, 1.165) is 41.5 Å². The molecule has 1 saturated heterocycles. The van der Waals surface area contributed by atoms with Gasteiger partial charge in [0.25, 0.3) is 5.19 Å². The van der Waals surface area contributed by atoms with Crippen LogP contribution in [-0.2, 0) is 30.8 Å². The Bertz CT molecular complexity index is 1910. The molecule has 2 aromatic carbocycles. The van der Waals surface area contributed by atoms with Gasteiger partial charge in [0.2, 0.25) is 21.8 Å². The second kappa shape index (κ2) is 13.9. The zero-order valence-corrected chi connectivity index (χ0v) is 31.1. The second-order valence-corrected chi connectivity index (χ2v) is 18.7. The van der Waals surface area contributed by atoms with Gasteiger partial charge in [-0.15, -0.1) is 0 Å². The van der Waals surface area contributed by atoms with E-state index in [9.17, 15) is 22.8 Å². The molecule has 7 rings (SSSR count). The van der Waals surface area contributed by atoms with E-state index in [0.29, 0.717) is 47.3 Å². The molecule has 3 heterocycles. The molecule has 2 amide bonds. The summed E-state index contributed by atoms with van der Waals surface area (Å²) < 4.78 is 35.0. The van der Waals surface area contributed by atoms with Crippen molar-refractivity contribution in [1.82, 2.24) is 14.6 Å². The van der Waals surface area contributed by atoms with Crippen LogP contribution in [0, 0.1) is 17.3 Å². The van der Waals surface area contributed by atoms with Crippen LogP contribution < -0.4 is 9.46 Å². The highest BCUT2D eigenvalue weighted by atomic mass is 35.5. The van der Waals surface area contributed by atoms with Gasteiger partial charge >= 0.3 is 0 Å². The fourth-order valence-electron chi connectivity index (χ4n) is 7.48. The van der Waals surface area contributed by atoms with Gasteiger partial charge in [0.05, 0.1) is 33.0 Å². The van der Waals surface area contributed by atoms with E-state index in [-0.39, 0.29) is 37.0 Å². The molecular formula is C37H41Cl2N3O6S2. The molecule has 3 fully saturated rings. The first kappa shape index (κ1) is 35.4. The van der Waals surface area contributed by atoms with Gasteiger partial charge in [-0.05, 0) is 93.7 Å². The molecule has 0 unspecified atom stereocenters. The minimum atomic E-state index is -3.90. The summed E-state index contributed by atoms with van der Waals surface area (Å²) in [5.74, 6) is -1.75. The standard InChI is InChI=1S/C37H41Cl2N3O6S2/c1-36(13-14-36)50(46,47)41-34(45)37-20-25(37)10-6-4-2-3-5-9-24(15-23-16-26(38)18-27(39)17-23)33(44)42-22-28(19-30(42)31(43)21-37)48-35-40-29-11-7-8-12-32(29)49-35/h6-8,10-12,16-18,24-25,28,30H,2-5,9,13-15,19-22H2,1H3,(H,41,45)/b10-6-/t24-,25+,28-,30+,37-/m1/s1. The molecule has 1 N–H and O–H groups in total. The number of benzene rings is 2. The van der Waals surface area contributed by atoms with E-state index in [1.807, 2.05) is 48.6 Å². The lowest BCUT2D eigenvalue weighted by atomic mass is 9.90. The van der Waals surface area contributed by atoms with Crippen LogP contribution in [0.15, 0.2) is 54.6 Å². The number of rotatable bonds is 7. The van der Waals surface area contributed by atoms with Crippen LogP contribution in [0.5, 0.6) is 5.19 Å². The maximum atomic E-state index is 14.6. The number of amides is 2. The maximum Gasteiger partial charge on any atom is 0.274 e. The van der Waals surface area contributed by atoms with E-state index in [2.05, 4.69) is 9.71 Å². The molecule has 3 aromatic rings. The smallest absolute Gasteiger partial charge is 0.274 e. The number of nitrogens with zero attached hydrogens (tertiary/aromatic N) is 2. The summed E-state index contributed by atoms with van der Waals surface area (Å²) in [7, 11) is -3.90. The number of fused-ring (bicyclic) bond motifs is 3. The van der Waals surface area contributed by atoms with Crippen molar-refractivity contribution in [3.05, 3.63) is 70.2 Å². The highest BCUT2D eigenvalue weighted by molar-refractivity contribution is 7.91. The Balaban J connectivity index is 1.19. The van der Waals surface area contributed by atoms with Gasteiger partial charge in [0, 0.05) is 28.8 Å². The Morgan fingerprint density at radius 3 is 2.60 bits per heavy atom. The van der Waals surface area contributed by atoms with Crippen LogP contribution in [0.1, 0.15) is 76.7 Å². The number of ketones is 1. The fraction of sp³-hybridized carbons (Fsp3) is 0.514. The second-order valence-electron chi connectivity index (χ2n) is 14.7. The lowest BCUT2D eigenvalue weighted by molar-refractivity contribution is -0.142. The molecule has 2 saturated carbocycles. The van der Waals surface area contributed by atoms with Gasteiger partial charge in [-0.3, -0.25) is 19.1 Å². The minimum absolute atomic E-state index is 0.155. The van der Waals surface area contributed by atoms with Crippen LogP contribution in [0.25, 0.3) is 10.2 Å². The number of ether oxygens (including phenoxy) is 1. The van der Waals surface area contributed by atoms with Crippen molar-refractivity contribution in [2.24, 2.45) is 17.3 Å². The molecule has 5 atom stereocenters. The number of thiazole rings is 1. The zero-order valence-electron chi connectivity index (χ0n) is 27.9. The molecule has 2 aliphatic carbocycles. The van der Waals surface area contributed by atoms with Crippen molar-refractivity contribution in [2.75, 3.05) is 6.54 Å². The van der Waals surface area contributed by atoms with Crippen LogP contribution in [0.3, 0.4) is 0 Å². The third kappa shape index (κ3) is 7.34. The number of sulfonamides is 1. The molecule has 0 bridgehead atoms. The first-order valence-corrected chi connectivity index (χ1v) is 20.5. The Morgan fingerprint density at radius 2 is 1.86 bits per heavy atom. The lowest BCUT2D eigenvalue weighted by Gasteiger charge is -2.29. The average Bonchev–Trinajstić information content (AvgIpc) is 3.86. The maximum absolute atomic E-state index is 14.6. The van der Waals surface area contributed by atoms with Gasteiger partial charge in [-0.1, -0.05) is 71.7 Å². The average molecular weight is 759 g/mol. The Labute approximate surface area is 306 Å². The number of carbonyl (C=O) groups is 3. The van der Waals surface area contributed by atoms with E-state index in [1.54, 1.807) is 17.9 Å². The molecule has 0 radical (unpaired) electrons. The van der Waals surface area contributed by atoms with E-state index in [4.69, 9.17) is 27.9 Å². The fourth-order valence-corrected chi connectivity index (χ4v) is 10.3. The Kier molecular flexibility index (Phi) is 9.82. The first-order chi connectivity index (χ1) is 23.9. The predicted molar refractivity (Wildman–Crippen MR) is 195 cm³/mol. The van der Waals surface area contributed by atoms with Crippen LogP contribution in [-0.4, -0.2) is 59.3 Å². The largest absolute Gasteiger partial charge is 0.465 e. The van der Waals surface area contributed by atoms with E-state index < -0.39 is 44.2 Å². The van der Waals surface area contributed by atoms with Gasteiger partial charge in [0.1, 0.15) is 6.10 Å². The first-order valence-electron chi connectivity index (χ1n) is 17.4. The Morgan fingerprint density at radius 1 is 1.10 bits per heavy atom. The van der Waals surface area contributed by atoms with Gasteiger partial charge in [0.15, 0.2) is 5.78 Å².